The number of benzene rings is 1. The Balaban J connectivity index is 1.81. The molecule has 0 saturated carbocycles. The molecule has 23 heavy (non-hydrogen) atoms. The van der Waals surface area contributed by atoms with E-state index in [1.54, 1.807) is 16.8 Å². The van der Waals surface area contributed by atoms with E-state index < -0.39 is 0 Å². The molecule has 2 aliphatic rings. The third-order valence-corrected chi connectivity index (χ3v) is 4.89. The number of nitrogens with one attached hydrogen (secondary N) is 1. The second-order valence-electron chi connectivity index (χ2n) is 5.74. The molecule has 0 spiro atoms. The van der Waals surface area contributed by atoms with E-state index in [2.05, 4.69) is 22.3 Å². The van der Waals surface area contributed by atoms with Gasteiger partial charge in [-0.05, 0) is 19.4 Å². The minimum atomic E-state index is -0.165. The summed E-state index contributed by atoms with van der Waals surface area (Å²) in [6.45, 7) is 4.16. The fraction of sp³-hybridized carbons (Fsp3) is 0.471. The highest BCUT2D eigenvalue weighted by molar-refractivity contribution is 8.13. The maximum atomic E-state index is 12.6. The Morgan fingerprint density at radius 1 is 1.26 bits per heavy atom. The van der Waals surface area contributed by atoms with E-state index in [4.69, 9.17) is 0 Å². The van der Waals surface area contributed by atoms with Gasteiger partial charge in [0.2, 0.25) is 0 Å². The maximum absolute atomic E-state index is 12.6. The topological polar surface area (TPSA) is 57.1 Å². The molecule has 0 radical (unpaired) electrons. The first kappa shape index (κ1) is 16.1. The first-order valence-corrected chi connectivity index (χ1v) is 9.18. The summed E-state index contributed by atoms with van der Waals surface area (Å²) in [4.78, 5) is 17.2. The molecule has 3 rings (SSSR count). The van der Waals surface area contributed by atoms with Crippen LogP contribution in [-0.4, -0.2) is 28.0 Å². The van der Waals surface area contributed by atoms with Crippen LogP contribution in [-0.2, 0) is 4.79 Å². The van der Waals surface area contributed by atoms with Crippen LogP contribution < -0.4 is 15.9 Å². The lowest BCUT2D eigenvalue weighted by atomic mass is 10.2. The zero-order valence-electron chi connectivity index (χ0n) is 13.6. The highest BCUT2D eigenvalue weighted by Crippen LogP contribution is 2.20. The molecular weight excluding hydrogens is 308 g/mol. The van der Waals surface area contributed by atoms with Gasteiger partial charge < -0.3 is 0 Å². The van der Waals surface area contributed by atoms with Crippen LogP contribution in [0.1, 0.15) is 39.5 Å². The fourth-order valence-corrected chi connectivity index (χ4v) is 3.61. The Morgan fingerprint density at radius 2 is 2.09 bits per heavy atom. The van der Waals surface area contributed by atoms with Gasteiger partial charge >= 0.3 is 0 Å². The molecule has 1 amide bonds. The molecule has 0 fully saturated rings. The Bertz CT molecular complexity index is 743. The van der Waals surface area contributed by atoms with Crippen molar-refractivity contribution < 1.29 is 4.79 Å². The minimum absolute atomic E-state index is 0.0924. The summed E-state index contributed by atoms with van der Waals surface area (Å²) in [6.07, 6.45) is 4.70. The summed E-state index contributed by atoms with van der Waals surface area (Å²) in [6, 6.07) is 7.72. The highest BCUT2D eigenvalue weighted by Gasteiger charge is 2.31. The van der Waals surface area contributed by atoms with Crippen LogP contribution >= 0.6 is 11.8 Å². The molecule has 2 aliphatic heterocycles. The number of amidine groups is 1. The van der Waals surface area contributed by atoms with Gasteiger partial charge in [-0.1, -0.05) is 56.1 Å². The number of hydrogen-bond donors (Lipinski definition) is 1. The van der Waals surface area contributed by atoms with E-state index in [-0.39, 0.29) is 12.1 Å². The number of amides is 1. The Hall–Kier alpha value is -1.82. The molecule has 1 aromatic rings. The van der Waals surface area contributed by atoms with Crippen molar-refractivity contribution in [2.24, 2.45) is 10.1 Å². The van der Waals surface area contributed by atoms with Crippen molar-refractivity contribution in [2.45, 2.75) is 45.7 Å². The second kappa shape index (κ2) is 7.17. The van der Waals surface area contributed by atoms with E-state index in [0.29, 0.717) is 10.9 Å². The molecule has 6 heteroatoms. The average molecular weight is 330 g/mol. The molecule has 0 unspecified atom stereocenters. The van der Waals surface area contributed by atoms with Crippen molar-refractivity contribution in [1.29, 1.82) is 0 Å². The molecule has 0 aliphatic carbocycles. The quantitative estimate of drug-likeness (QED) is 0.838. The number of thioether (sulfide) groups is 1. The first-order chi connectivity index (χ1) is 11.2. The third kappa shape index (κ3) is 3.42. The number of unbranched alkanes of at least 4 members (excludes halogenated alkanes) is 3. The van der Waals surface area contributed by atoms with Crippen molar-refractivity contribution in [3.05, 3.63) is 34.8 Å². The molecule has 1 aromatic carbocycles. The second-order valence-corrected chi connectivity index (χ2v) is 6.82. The number of rotatable bonds is 5. The summed E-state index contributed by atoms with van der Waals surface area (Å²) in [5, 5.41) is 11.6. The predicted octanol–water partition coefficient (Wildman–Crippen LogP) is 1.79. The summed E-state index contributed by atoms with van der Waals surface area (Å²) in [7, 11) is 0. The van der Waals surface area contributed by atoms with Crippen LogP contribution in [0.3, 0.4) is 0 Å². The van der Waals surface area contributed by atoms with E-state index in [9.17, 15) is 4.79 Å². The number of carbonyl (C=O) groups is 1. The number of nitrogens with zero attached hydrogens (tertiary/aromatic N) is 3. The van der Waals surface area contributed by atoms with Crippen LogP contribution in [0, 0.1) is 0 Å². The summed E-state index contributed by atoms with van der Waals surface area (Å²) in [5.41, 5.74) is 0.596. The lowest BCUT2D eigenvalue weighted by Crippen LogP contribution is -2.51. The van der Waals surface area contributed by atoms with Crippen molar-refractivity contribution in [1.82, 2.24) is 10.3 Å². The van der Waals surface area contributed by atoms with Crippen LogP contribution in [0.25, 0.3) is 5.70 Å². The lowest BCUT2D eigenvalue weighted by molar-refractivity contribution is -0.116. The monoisotopic (exact) mass is 330 g/mol. The molecule has 2 heterocycles. The molecule has 0 bridgehead atoms. The summed E-state index contributed by atoms with van der Waals surface area (Å²) < 4.78 is 0. The van der Waals surface area contributed by atoms with E-state index in [1.165, 1.54) is 19.3 Å². The molecule has 1 N–H and O–H groups in total. The number of fused-ring (bicyclic) bond motifs is 2. The van der Waals surface area contributed by atoms with Crippen molar-refractivity contribution in [3.63, 3.8) is 0 Å². The fourth-order valence-electron chi connectivity index (χ4n) is 2.75. The third-order valence-electron chi connectivity index (χ3n) is 3.94. The van der Waals surface area contributed by atoms with E-state index >= 15 is 0 Å². The predicted molar refractivity (Wildman–Crippen MR) is 94.1 cm³/mol. The molecular formula is C17H22N4OS. The largest absolute Gasteiger partial charge is 0.298 e. The molecule has 0 saturated heterocycles. The Labute approximate surface area is 140 Å². The van der Waals surface area contributed by atoms with Gasteiger partial charge in [0.05, 0.1) is 5.36 Å². The molecule has 5 nitrogen and oxygen atoms in total. The zero-order valence-corrected chi connectivity index (χ0v) is 14.4. The van der Waals surface area contributed by atoms with Gasteiger partial charge in [-0.25, -0.2) is 5.01 Å². The first-order valence-electron chi connectivity index (χ1n) is 8.20. The van der Waals surface area contributed by atoms with E-state index in [1.807, 2.05) is 31.2 Å². The normalized spacial score (nSPS) is 19.5. The van der Waals surface area contributed by atoms with Gasteiger partial charge in [0, 0.05) is 11.0 Å². The van der Waals surface area contributed by atoms with Gasteiger partial charge in [-0.15, -0.1) is 5.10 Å². The van der Waals surface area contributed by atoms with Crippen LogP contribution in [0.5, 0.6) is 0 Å². The standard InChI is InChI=1S/C17H22N4OS/c1-3-4-5-8-11-23-17-19-16(22)15-13-9-6-7-10-14(13)18-12(2)21(15)20-17/h6-7,9-10,12H,3-5,8,11H2,1-2H3,(H,19,20,22)/t12-/m1/s1. The number of carbonyl (C=O) groups excluding carboxylic acids is 1. The van der Waals surface area contributed by atoms with Crippen LogP contribution in [0.2, 0.25) is 0 Å². The molecule has 1 atom stereocenters. The Kier molecular flexibility index (Phi) is 5.00. The number of para-hydroxylation sites is 1. The van der Waals surface area contributed by atoms with Crippen molar-refractivity contribution in [2.75, 3.05) is 5.75 Å². The van der Waals surface area contributed by atoms with E-state index in [0.717, 1.165) is 22.7 Å². The van der Waals surface area contributed by atoms with Crippen LogP contribution in [0.15, 0.2) is 34.4 Å². The maximum Gasteiger partial charge on any atom is 0.276 e. The van der Waals surface area contributed by atoms with Gasteiger partial charge in [0.1, 0.15) is 11.9 Å². The molecule has 0 aromatic heterocycles. The van der Waals surface area contributed by atoms with Crippen LogP contribution in [0.4, 0.5) is 0 Å². The summed E-state index contributed by atoms with van der Waals surface area (Å²) in [5.74, 6) is 0.884. The van der Waals surface area contributed by atoms with Crippen molar-refractivity contribution >= 4 is 28.5 Å². The van der Waals surface area contributed by atoms with Gasteiger partial charge in [0.25, 0.3) is 5.91 Å². The zero-order chi connectivity index (χ0) is 16.2. The number of hydrazone groups is 1. The Morgan fingerprint density at radius 3 is 2.91 bits per heavy atom. The van der Waals surface area contributed by atoms with Crippen molar-refractivity contribution in [3.8, 4) is 0 Å². The minimum Gasteiger partial charge on any atom is -0.298 e. The van der Waals surface area contributed by atoms with Gasteiger partial charge in [-0.3, -0.25) is 15.1 Å². The SMILES string of the molecule is CCCCCCSC1=NN2C(=c3ccccc3=N[C@H]2C)C(=O)N1. The smallest absolute Gasteiger partial charge is 0.276 e. The lowest BCUT2D eigenvalue weighted by Gasteiger charge is -2.32. The van der Waals surface area contributed by atoms with Gasteiger partial charge in [0.15, 0.2) is 5.17 Å². The highest BCUT2D eigenvalue weighted by atomic mass is 32.2. The number of hydrogen-bond acceptors (Lipinski definition) is 5. The molecule has 122 valence electrons. The summed E-state index contributed by atoms with van der Waals surface area (Å²) >= 11 is 1.61. The van der Waals surface area contributed by atoms with Gasteiger partial charge in [-0.2, -0.15) is 0 Å². The average Bonchev–Trinajstić information content (AvgIpc) is 2.55.